The van der Waals surface area contributed by atoms with Crippen LogP contribution in [0.1, 0.15) is 17.4 Å². The molecule has 0 fully saturated rings. The van der Waals surface area contributed by atoms with E-state index in [-0.39, 0.29) is 6.04 Å². The number of hydrogen-bond donors (Lipinski definition) is 2. The van der Waals surface area contributed by atoms with Gasteiger partial charge in [-0.05, 0) is 29.8 Å². The predicted molar refractivity (Wildman–Crippen MR) is 78.6 cm³/mol. The molecule has 3 N–H and O–H groups in total. The first kappa shape index (κ1) is 13.3. The molecule has 0 saturated carbocycles. The standard InChI is InChI=1S/C15H15N5O/c1-21-12-4-2-3-11(9-12)13(16)15-18-14(19-20-15)10-5-7-17-8-6-10/h2-9,13H,16H2,1H3,(H,18,19,20)/t13-/m0/s1. The van der Waals surface area contributed by atoms with E-state index in [1.807, 2.05) is 36.4 Å². The number of nitrogens with zero attached hydrogens (tertiary/aromatic N) is 3. The highest BCUT2D eigenvalue weighted by Gasteiger charge is 2.15. The molecular weight excluding hydrogens is 266 g/mol. The summed E-state index contributed by atoms with van der Waals surface area (Å²) in [5, 5.41) is 7.09. The van der Waals surface area contributed by atoms with Crippen LogP contribution in [0.15, 0.2) is 48.8 Å². The summed E-state index contributed by atoms with van der Waals surface area (Å²) in [6.45, 7) is 0. The van der Waals surface area contributed by atoms with Crippen LogP contribution >= 0.6 is 0 Å². The van der Waals surface area contributed by atoms with Gasteiger partial charge in [0.25, 0.3) is 0 Å². The van der Waals surface area contributed by atoms with Crippen LogP contribution in [0.5, 0.6) is 5.75 Å². The van der Waals surface area contributed by atoms with E-state index >= 15 is 0 Å². The van der Waals surface area contributed by atoms with Crippen molar-refractivity contribution in [3.63, 3.8) is 0 Å². The van der Waals surface area contributed by atoms with Gasteiger partial charge in [0.2, 0.25) is 0 Å². The maximum Gasteiger partial charge on any atom is 0.181 e. The molecule has 0 aliphatic carbocycles. The van der Waals surface area contributed by atoms with E-state index in [1.165, 1.54) is 0 Å². The maximum absolute atomic E-state index is 6.23. The van der Waals surface area contributed by atoms with Crippen LogP contribution in [0.25, 0.3) is 11.4 Å². The van der Waals surface area contributed by atoms with E-state index in [9.17, 15) is 0 Å². The van der Waals surface area contributed by atoms with Crippen molar-refractivity contribution in [1.82, 2.24) is 20.2 Å². The molecule has 1 atom stereocenters. The van der Waals surface area contributed by atoms with Crippen LogP contribution < -0.4 is 10.5 Å². The lowest BCUT2D eigenvalue weighted by Gasteiger charge is -2.09. The third-order valence-electron chi connectivity index (χ3n) is 3.19. The van der Waals surface area contributed by atoms with Crippen molar-refractivity contribution >= 4 is 0 Å². The van der Waals surface area contributed by atoms with Gasteiger partial charge in [0.1, 0.15) is 11.6 Å². The average molecular weight is 281 g/mol. The van der Waals surface area contributed by atoms with Gasteiger partial charge in [-0.25, -0.2) is 4.98 Å². The largest absolute Gasteiger partial charge is 0.497 e. The Labute approximate surface area is 122 Å². The summed E-state index contributed by atoms with van der Waals surface area (Å²) < 4.78 is 5.21. The minimum Gasteiger partial charge on any atom is -0.497 e. The summed E-state index contributed by atoms with van der Waals surface area (Å²) in [6, 6.07) is 10.9. The van der Waals surface area contributed by atoms with Crippen LogP contribution in [0.4, 0.5) is 0 Å². The number of pyridine rings is 1. The fraction of sp³-hybridized carbons (Fsp3) is 0.133. The molecule has 0 unspecified atom stereocenters. The Balaban J connectivity index is 1.88. The highest BCUT2D eigenvalue weighted by molar-refractivity contribution is 5.53. The average Bonchev–Trinajstić information content (AvgIpc) is 3.05. The number of aromatic nitrogens is 4. The summed E-state index contributed by atoms with van der Waals surface area (Å²) in [5.41, 5.74) is 8.03. The molecule has 0 radical (unpaired) electrons. The van der Waals surface area contributed by atoms with Crippen LogP contribution in [-0.4, -0.2) is 27.3 Å². The summed E-state index contributed by atoms with van der Waals surface area (Å²) in [4.78, 5) is 8.43. The number of nitrogens with two attached hydrogens (primary N) is 1. The van der Waals surface area contributed by atoms with Gasteiger partial charge < -0.3 is 10.5 Å². The second-order valence-electron chi connectivity index (χ2n) is 4.53. The molecule has 3 rings (SSSR count). The van der Waals surface area contributed by atoms with Crippen molar-refractivity contribution in [2.45, 2.75) is 6.04 Å². The Morgan fingerprint density at radius 3 is 2.76 bits per heavy atom. The van der Waals surface area contributed by atoms with Gasteiger partial charge in [0.05, 0.1) is 13.2 Å². The van der Waals surface area contributed by atoms with E-state index in [2.05, 4.69) is 20.2 Å². The van der Waals surface area contributed by atoms with E-state index in [4.69, 9.17) is 10.5 Å². The Kier molecular flexibility index (Phi) is 3.61. The molecule has 0 spiro atoms. The summed E-state index contributed by atoms with van der Waals surface area (Å²) >= 11 is 0. The number of benzene rings is 1. The number of rotatable bonds is 4. The van der Waals surface area contributed by atoms with Gasteiger partial charge >= 0.3 is 0 Å². The highest BCUT2D eigenvalue weighted by Crippen LogP contribution is 2.22. The molecule has 2 aromatic heterocycles. The van der Waals surface area contributed by atoms with Crippen LogP contribution in [0, 0.1) is 0 Å². The normalized spacial score (nSPS) is 12.1. The first-order valence-corrected chi connectivity index (χ1v) is 6.50. The zero-order valence-corrected chi connectivity index (χ0v) is 11.5. The molecule has 6 nitrogen and oxygen atoms in total. The van der Waals surface area contributed by atoms with Crippen molar-refractivity contribution in [2.24, 2.45) is 5.73 Å². The van der Waals surface area contributed by atoms with E-state index in [0.717, 1.165) is 16.9 Å². The van der Waals surface area contributed by atoms with Crippen molar-refractivity contribution in [3.8, 4) is 17.1 Å². The highest BCUT2D eigenvalue weighted by atomic mass is 16.5. The van der Waals surface area contributed by atoms with Crippen molar-refractivity contribution in [2.75, 3.05) is 7.11 Å². The zero-order chi connectivity index (χ0) is 14.7. The van der Waals surface area contributed by atoms with E-state index in [1.54, 1.807) is 19.5 Å². The molecule has 0 saturated heterocycles. The molecule has 0 aliphatic heterocycles. The number of ether oxygens (including phenoxy) is 1. The first-order valence-electron chi connectivity index (χ1n) is 6.50. The molecule has 1 aromatic carbocycles. The molecule has 0 bridgehead atoms. The zero-order valence-electron chi connectivity index (χ0n) is 11.5. The molecule has 0 aliphatic rings. The van der Waals surface area contributed by atoms with Crippen LogP contribution in [0.2, 0.25) is 0 Å². The fourth-order valence-electron chi connectivity index (χ4n) is 2.04. The molecule has 2 heterocycles. The second kappa shape index (κ2) is 5.72. The van der Waals surface area contributed by atoms with Gasteiger partial charge in [-0.1, -0.05) is 12.1 Å². The van der Waals surface area contributed by atoms with Gasteiger partial charge in [-0.3, -0.25) is 10.1 Å². The van der Waals surface area contributed by atoms with Crippen LogP contribution in [-0.2, 0) is 0 Å². The number of aromatic amines is 1. The molecular formula is C15H15N5O. The molecule has 21 heavy (non-hydrogen) atoms. The van der Waals surface area contributed by atoms with Gasteiger partial charge in [0, 0.05) is 18.0 Å². The Bertz CT molecular complexity index is 726. The number of nitrogens with one attached hydrogen (secondary N) is 1. The van der Waals surface area contributed by atoms with E-state index < -0.39 is 0 Å². The third kappa shape index (κ3) is 2.75. The van der Waals surface area contributed by atoms with Crippen molar-refractivity contribution in [3.05, 3.63) is 60.2 Å². The monoisotopic (exact) mass is 281 g/mol. The lowest BCUT2D eigenvalue weighted by atomic mass is 10.1. The van der Waals surface area contributed by atoms with Crippen LogP contribution in [0.3, 0.4) is 0 Å². The molecule has 0 amide bonds. The quantitative estimate of drug-likeness (QED) is 0.762. The van der Waals surface area contributed by atoms with Gasteiger partial charge in [0.15, 0.2) is 5.82 Å². The summed E-state index contributed by atoms with van der Waals surface area (Å²) in [7, 11) is 1.63. The van der Waals surface area contributed by atoms with Crippen molar-refractivity contribution in [1.29, 1.82) is 0 Å². The first-order chi connectivity index (χ1) is 10.3. The molecule has 6 heteroatoms. The van der Waals surface area contributed by atoms with E-state index in [0.29, 0.717) is 11.6 Å². The minimum atomic E-state index is -0.386. The van der Waals surface area contributed by atoms with Crippen molar-refractivity contribution < 1.29 is 4.74 Å². The summed E-state index contributed by atoms with van der Waals surface area (Å²) in [6.07, 6.45) is 3.40. The molecule has 3 aromatic rings. The topological polar surface area (TPSA) is 89.7 Å². The number of methoxy groups -OCH3 is 1. The lowest BCUT2D eigenvalue weighted by molar-refractivity contribution is 0.414. The maximum atomic E-state index is 6.23. The van der Waals surface area contributed by atoms with Gasteiger partial charge in [-0.15, -0.1) is 0 Å². The Hall–Kier alpha value is -2.73. The molecule has 106 valence electrons. The SMILES string of the molecule is COc1cccc([C@H](N)c2nc(-c3ccncc3)n[nH]2)c1. The lowest BCUT2D eigenvalue weighted by Crippen LogP contribution is -2.13. The smallest absolute Gasteiger partial charge is 0.181 e. The number of H-pyrrole nitrogens is 1. The minimum absolute atomic E-state index is 0.386. The number of hydrogen-bond acceptors (Lipinski definition) is 5. The summed E-state index contributed by atoms with van der Waals surface area (Å²) in [5.74, 6) is 1.97. The Morgan fingerprint density at radius 2 is 2.00 bits per heavy atom. The predicted octanol–water partition coefficient (Wildman–Crippen LogP) is 1.92. The third-order valence-corrected chi connectivity index (χ3v) is 3.19. The van der Waals surface area contributed by atoms with Gasteiger partial charge in [-0.2, -0.15) is 5.10 Å². The Morgan fingerprint density at radius 1 is 1.19 bits per heavy atom. The fourth-order valence-corrected chi connectivity index (χ4v) is 2.04. The second-order valence-corrected chi connectivity index (χ2v) is 4.53.